The van der Waals surface area contributed by atoms with Crippen molar-refractivity contribution in [3.05, 3.63) is 0 Å². The van der Waals surface area contributed by atoms with Crippen LogP contribution < -0.4 is 0 Å². The Morgan fingerprint density at radius 1 is 0.583 bits per heavy atom. The quantitative estimate of drug-likeness (QED) is 0.273. The third kappa shape index (κ3) is 11.2. The first-order valence-electron chi connectivity index (χ1n) is 7.62. The average Bonchev–Trinajstić information content (AvgIpc) is 2.52. The van der Waals surface area contributed by atoms with Crippen LogP contribution in [0.5, 0.6) is 0 Å². The summed E-state index contributed by atoms with van der Waals surface area (Å²) < 4.78 is 9.63. The fraction of sp³-hybridized carbons (Fsp3) is 0.625. The summed E-state index contributed by atoms with van der Waals surface area (Å²) in [6.07, 6.45) is 0.211. The van der Waals surface area contributed by atoms with Gasteiger partial charge in [0.1, 0.15) is 0 Å². The maximum atomic E-state index is 11.4. The van der Waals surface area contributed by atoms with E-state index in [1.807, 2.05) is 0 Å². The Bertz CT molecular complexity index is 460. The number of carbonyl (C=O) groups excluding carboxylic acids is 6. The van der Waals surface area contributed by atoms with Crippen molar-refractivity contribution in [3.8, 4) is 0 Å². The Balaban J connectivity index is 3.66. The van der Waals surface area contributed by atoms with Crippen molar-refractivity contribution < 1.29 is 38.2 Å². The molecule has 0 amide bonds. The molecular formula is C16H22O8. The maximum absolute atomic E-state index is 11.4. The predicted octanol–water partition coefficient (Wildman–Crippen LogP) is 0.730. The minimum absolute atomic E-state index is 0.0000584. The highest BCUT2D eigenvalue weighted by Gasteiger charge is 2.12. The highest BCUT2D eigenvalue weighted by molar-refractivity contribution is 6.36. The van der Waals surface area contributed by atoms with Gasteiger partial charge < -0.3 is 9.47 Å². The van der Waals surface area contributed by atoms with Crippen LogP contribution in [0.1, 0.15) is 52.4 Å². The minimum atomic E-state index is -0.603. The Morgan fingerprint density at radius 2 is 0.917 bits per heavy atom. The molecule has 0 spiro atoms. The average molecular weight is 342 g/mol. The smallest absolute Gasteiger partial charge is 0.306 e. The molecule has 0 N–H and O–H groups in total. The van der Waals surface area contributed by atoms with Gasteiger partial charge in [-0.3, -0.25) is 28.8 Å². The van der Waals surface area contributed by atoms with Gasteiger partial charge in [-0.25, -0.2) is 0 Å². The Hall–Kier alpha value is -2.38. The summed E-state index contributed by atoms with van der Waals surface area (Å²) in [5.74, 6) is -3.30. The van der Waals surface area contributed by atoms with Crippen LogP contribution in [0.25, 0.3) is 0 Å². The van der Waals surface area contributed by atoms with Crippen molar-refractivity contribution in [2.45, 2.75) is 52.4 Å². The highest BCUT2D eigenvalue weighted by atomic mass is 16.5. The molecule has 0 radical (unpaired) electrons. The first kappa shape index (κ1) is 21.6. The zero-order chi connectivity index (χ0) is 18.5. The Morgan fingerprint density at radius 3 is 1.21 bits per heavy atom. The molecule has 0 rings (SSSR count). The molecule has 0 aliphatic carbocycles. The molecule has 0 unspecified atom stereocenters. The van der Waals surface area contributed by atoms with E-state index >= 15 is 0 Å². The van der Waals surface area contributed by atoms with Crippen LogP contribution >= 0.6 is 0 Å². The van der Waals surface area contributed by atoms with Crippen LogP contribution in [0.3, 0.4) is 0 Å². The molecule has 0 saturated heterocycles. The maximum Gasteiger partial charge on any atom is 0.306 e. The number of ketones is 4. The molecule has 0 aromatic rings. The zero-order valence-electron chi connectivity index (χ0n) is 13.9. The topological polar surface area (TPSA) is 121 Å². The first-order chi connectivity index (χ1) is 11.2. The van der Waals surface area contributed by atoms with E-state index in [9.17, 15) is 28.8 Å². The SMILES string of the molecule is CC(=O)C(=O)CCCOC(=O)CCC(=O)OCCCC(=O)C(C)=O. The number of carbonyl (C=O) groups is 6. The number of rotatable bonds is 13. The second kappa shape index (κ2) is 12.1. The molecule has 24 heavy (non-hydrogen) atoms. The Labute approximate surface area is 139 Å². The van der Waals surface area contributed by atoms with Crippen LogP contribution in [-0.4, -0.2) is 48.3 Å². The fourth-order valence-corrected chi connectivity index (χ4v) is 1.54. The molecule has 134 valence electrons. The molecule has 0 saturated carbocycles. The van der Waals surface area contributed by atoms with E-state index in [2.05, 4.69) is 0 Å². The summed E-state index contributed by atoms with van der Waals surface area (Å²) in [7, 11) is 0. The van der Waals surface area contributed by atoms with Gasteiger partial charge in [-0.1, -0.05) is 0 Å². The summed E-state index contributed by atoms with van der Waals surface area (Å²) in [6, 6.07) is 0. The van der Waals surface area contributed by atoms with Gasteiger partial charge in [0, 0.05) is 26.7 Å². The van der Waals surface area contributed by atoms with E-state index in [-0.39, 0.29) is 51.7 Å². The van der Waals surface area contributed by atoms with Gasteiger partial charge in [0.05, 0.1) is 26.1 Å². The molecular weight excluding hydrogens is 320 g/mol. The van der Waals surface area contributed by atoms with E-state index in [4.69, 9.17) is 9.47 Å². The lowest BCUT2D eigenvalue weighted by molar-refractivity contribution is -0.150. The lowest BCUT2D eigenvalue weighted by atomic mass is 10.2. The standard InChI is InChI=1S/C16H22O8/c1-11(17)13(19)5-3-9-23-15(21)7-8-16(22)24-10-4-6-14(20)12(2)18/h3-10H2,1-2H3. The second-order valence-electron chi connectivity index (χ2n) is 5.11. The van der Waals surface area contributed by atoms with Crippen LogP contribution in [0.2, 0.25) is 0 Å². The van der Waals surface area contributed by atoms with E-state index in [1.165, 1.54) is 13.8 Å². The van der Waals surface area contributed by atoms with Crippen molar-refractivity contribution >= 4 is 35.1 Å². The zero-order valence-corrected chi connectivity index (χ0v) is 13.9. The molecule has 8 nitrogen and oxygen atoms in total. The molecule has 0 aromatic carbocycles. The van der Waals surface area contributed by atoms with Crippen molar-refractivity contribution in [2.24, 2.45) is 0 Å². The normalized spacial score (nSPS) is 9.92. The van der Waals surface area contributed by atoms with Crippen LogP contribution in [-0.2, 0) is 38.2 Å². The number of esters is 2. The number of hydrogen-bond acceptors (Lipinski definition) is 8. The van der Waals surface area contributed by atoms with Crippen molar-refractivity contribution in [1.82, 2.24) is 0 Å². The summed E-state index contributed by atoms with van der Waals surface area (Å²) >= 11 is 0. The van der Waals surface area contributed by atoms with Gasteiger partial charge in [-0.05, 0) is 12.8 Å². The number of ether oxygens (including phenoxy) is 2. The van der Waals surface area contributed by atoms with E-state index in [1.54, 1.807) is 0 Å². The lowest BCUT2D eigenvalue weighted by Gasteiger charge is -2.05. The van der Waals surface area contributed by atoms with Gasteiger partial charge in [0.2, 0.25) is 0 Å². The molecule has 0 heterocycles. The van der Waals surface area contributed by atoms with Crippen LogP contribution in [0.15, 0.2) is 0 Å². The molecule has 0 aliphatic heterocycles. The monoisotopic (exact) mass is 342 g/mol. The third-order valence-electron chi connectivity index (χ3n) is 2.94. The van der Waals surface area contributed by atoms with E-state index in [0.29, 0.717) is 0 Å². The van der Waals surface area contributed by atoms with Gasteiger partial charge in [-0.15, -0.1) is 0 Å². The summed E-state index contributed by atoms with van der Waals surface area (Å²) in [4.78, 5) is 66.1. The molecule has 0 atom stereocenters. The Kier molecular flexibility index (Phi) is 10.9. The van der Waals surface area contributed by atoms with Gasteiger partial charge in [-0.2, -0.15) is 0 Å². The van der Waals surface area contributed by atoms with Gasteiger partial charge >= 0.3 is 11.9 Å². The van der Waals surface area contributed by atoms with E-state index in [0.717, 1.165) is 0 Å². The summed E-state index contributed by atoms with van der Waals surface area (Å²) in [5, 5.41) is 0. The van der Waals surface area contributed by atoms with Gasteiger partial charge in [0.15, 0.2) is 23.1 Å². The fourth-order valence-electron chi connectivity index (χ4n) is 1.54. The third-order valence-corrected chi connectivity index (χ3v) is 2.94. The molecule has 8 heteroatoms. The number of Topliss-reactive ketones (excluding diaryl/α,β-unsaturated/α-hetero) is 4. The summed E-state index contributed by atoms with van der Waals surface area (Å²) in [5.41, 5.74) is 0. The van der Waals surface area contributed by atoms with Gasteiger partial charge in [0.25, 0.3) is 0 Å². The van der Waals surface area contributed by atoms with Crippen LogP contribution in [0.4, 0.5) is 0 Å². The van der Waals surface area contributed by atoms with Crippen molar-refractivity contribution in [1.29, 1.82) is 0 Å². The number of hydrogen-bond donors (Lipinski definition) is 0. The molecule has 0 aromatic heterocycles. The predicted molar refractivity (Wildman–Crippen MR) is 81.0 cm³/mol. The summed E-state index contributed by atoms with van der Waals surface area (Å²) in [6.45, 7) is 2.35. The molecule has 0 aliphatic rings. The molecule has 0 fully saturated rings. The van der Waals surface area contributed by atoms with Crippen LogP contribution in [0, 0.1) is 0 Å². The van der Waals surface area contributed by atoms with Crippen molar-refractivity contribution in [2.75, 3.05) is 13.2 Å². The lowest BCUT2D eigenvalue weighted by Crippen LogP contribution is -2.14. The second-order valence-corrected chi connectivity index (χ2v) is 5.11. The van der Waals surface area contributed by atoms with Crippen molar-refractivity contribution in [3.63, 3.8) is 0 Å². The molecule has 0 bridgehead atoms. The first-order valence-corrected chi connectivity index (χ1v) is 7.62. The van der Waals surface area contributed by atoms with E-state index < -0.39 is 35.1 Å². The minimum Gasteiger partial charge on any atom is -0.466 e. The largest absolute Gasteiger partial charge is 0.466 e. The highest BCUT2D eigenvalue weighted by Crippen LogP contribution is 2.00.